The fraction of sp³-hybridized carbons (Fsp3) is 0.533. The highest BCUT2D eigenvalue weighted by molar-refractivity contribution is 7.11. The van der Waals surface area contributed by atoms with Gasteiger partial charge in [-0.1, -0.05) is 0 Å². The molecule has 0 saturated carbocycles. The number of rotatable bonds is 4. The monoisotopic (exact) mass is 391 g/mol. The van der Waals surface area contributed by atoms with Crippen molar-refractivity contribution in [2.75, 3.05) is 20.1 Å². The van der Waals surface area contributed by atoms with Crippen LogP contribution in [-0.4, -0.2) is 45.7 Å². The van der Waals surface area contributed by atoms with Crippen LogP contribution in [0, 0.1) is 12.8 Å². The summed E-state index contributed by atoms with van der Waals surface area (Å²) in [6.07, 6.45) is 5.73. The molecular formula is C15H23Cl2N5OS. The molecule has 24 heavy (non-hydrogen) atoms. The Morgan fingerprint density at radius 3 is 2.75 bits per heavy atom. The summed E-state index contributed by atoms with van der Waals surface area (Å²) in [5.41, 5.74) is 1.13. The second-order valence-corrected chi connectivity index (χ2v) is 7.18. The molecule has 3 heterocycles. The van der Waals surface area contributed by atoms with Crippen molar-refractivity contribution < 1.29 is 4.79 Å². The number of halogens is 2. The largest absolute Gasteiger partial charge is 0.340 e. The Labute approximate surface area is 158 Å². The number of aromatic nitrogens is 3. The van der Waals surface area contributed by atoms with E-state index in [-0.39, 0.29) is 42.6 Å². The van der Waals surface area contributed by atoms with Crippen LogP contribution >= 0.6 is 36.2 Å². The maximum Gasteiger partial charge on any atom is 0.227 e. The number of thiazole rings is 1. The second-order valence-electron chi connectivity index (χ2n) is 5.86. The molecule has 0 unspecified atom stereocenters. The molecule has 2 aromatic rings. The first-order chi connectivity index (χ1) is 10.5. The number of hydrogen-bond donors (Lipinski definition) is 1. The Morgan fingerprint density at radius 2 is 2.17 bits per heavy atom. The standard InChI is InChI=1S/C15H21N5OS.2ClH/c1-10-17-5-12(22-10)9-19(2)15(21)14-7-16-6-13(14)11-4-18-20(3)8-11;;/h4-5,8,13-14,16H,6-7,9H2,1-3H3;2*1H/t13-,14+;;/m1../s1. The maximum absolute atomic E-state index is 12.8. The van der Waals surface area contributed by atoms with Crippen molar-refractivity contribution in [3.8, 4) is 0 Å². The average Bonchev–Trinajstić information content (AvgIpc) is 3.18. The van der Waals surface area contributed by atoms with Crippen molar-refractivity contribution in [3.63, 3.8) is 0 Å². The summed E-state index contributed by atoms with van der Waals surface area (Å²) in [4.78, 5) is 20.0. The Hall–Kier alpha value is -1.15. The highest BCUT2D eigenvalue weighted by Crippen LogP contribution is 2.29. The fourth-order valence-corrected chi connectivity index (χ4v) is 3.84. The Kier molecular flexibility index (Phi) is 7.66. The summed E-state index contributed by atoms with van der Waals surface area (Å²) in [7, 11) is 3.77. The summed E-state index contributed by atoms with van der Waals surface area (Å²) in [5, 5.41) is 8.60. The number of carbonyl (C=O) groups excluding carboxylic acids is 1. The molecule has 2 aromatic heterocycles. The third-order valence-electron chi connectivity index (χ3n) is 4.12. The summed E-state index contributed by atoms with van der Waals surface area (Å²) in [6, 6.07) is 0. The van der Waals surface area contributed by atoms with Crippen LogP contribution < -0.4 is 5.32 Å². The van der Waals surface area contributed by atoms with Crippen LogP contribution in [0.1, 0.15) is 21.4 Å². The van der Waals surface area contributed by atoms with E-state index in [2.05, 4.69) is 15.4 Å². The number of hydrogen-bond acceptors (Lipinski definition) is 5. The third-order valence-corrected chi connectivity index (χ3v) is 5.02. The van der Waals surface area contributed by atoms with Crippen LogP contribution in [0.4, 0.5) is 0 Å². The highest BCUT2D eigenvalue weighted by Gasteiger charge is 2.36. The molecular weight excluding hydrogens is 369 g/mol. The van der Waals surface area contributed by atoms with Crippen molar-refractivity contribution >= 4 is 42.1 Å². The van der Waals surface area contributed by atoms with Gasteiger partial charge in [0.25, 0.3) is 0 Å². The van der Waals surface area contributed by atoms with Crippen LogP contribution in [0.5, 0.6) is 0 Å². The zero-order valence-corrected chi connectivity index (χ0v) is 16.4. The van der Waals surface area contributed by atoms with Crippen LogP contribution in [0.15, 0.2) is 18.6 Å². The lowest BCUT2D eigenvalue weighted by molar-refractivity contribution is -0.134. The number of carbonyl (C=O) groups is 1. The molecule has 0 bridgehead atoms. The van der Waals surface area contributed by atoms with E-state index in [0.717, 1.165) is 28.5 Å². The summed E-state index contributed by atoms with van der Waals surface area (Å²) in [5.74, 6) is 0.361. The van der Waals surface area contributed by atoms with Crippen LogP contribution in [0.2, 0.25) is 0 Å². The van der Waals surface area contributed by atoms with Gasteiger partial charge in [0.2, 0.25) is 5.91 Å². The Balaban J connectivity index is 0.00000144. The van der Waals surface area contributed by atoms with Crippen molar-refractivity contribution in [2.24, 2.45) is 13.0 Å². The smallest absolute Gasteiger partial charge is 0.227 e. The van der Waals surface area contributed by atoms with Crippen molar-refractivity contribution in [2.45, 2.75) is 19.4 Å². The normalized spacial score (nSPS) is 19.5. The predicted molar refractivity (Wildman–Crippen MR) is 100 cm³/mol. The topological polar surface area (TPSA) is 63.1 Å². The van der Waals surface area contributed by atoms with E-state index in [4.69, 9.17) is 0 Å². The lowest BCUT2D eigenvalue weighted by atomic mass is 9.90. The Bertz CT molecular complexity index is 674. The van der Waals surface area contributed by atoms with Crippen LogP contribution in [0.3, 0.4) is 0 Å². The lowest BCUT2D eigenvalue weighted by Gasteiger charge is -2.23. The van der Waals surface area contributed by atoms with Crippen molar-refractivity contribution in [3.05, 3.63) is 34.0 Å². The van der Waals surface area contributed by atoms with Gasteiger partial charge in [-0.05, 0) is 12.5 Å². The van der Waals surface area contributed by atoms with Gasteiger partial charge in [-0.2, -0.15) is 5.10 Å². The first-order valence-corrected chi connectivity index (χ1v) is 8.22. The number of nitrogens with one attached hydrogen (secondary N) is 1. The van der Waals surface area contributed by atoms with E-state index < -0.39 is 0 Å². The van der Waals surface area contributed by atoms with Gasteiger partial charge in [0, 0.05) is 50.4 Å². The molecule has 1 aliphatic heterocycles. The van der Waals surface area contributed by atoms with Crippen LogP contribution in [-0.2, 0) is 18.4 Å². The second kappa shape index (κ2) is 8.80. The zero-order chi connectivity index (χ0) is 15.7. The van der Waals surface area contributed by atoms with Gasteiger partial charge in [-0.15, -0.1) is 36.2 Å². The Morgan fingerprint density at radius 1 is 1.42 bits per heavy atom. The first-order valence-electron chi connectivity index (χ1n) is 7.40. The van der Waals surface area contributed by atoms with Gasteiger partial charge in [-0.25, -0.2) is 4.98 Å². The molecule has 1 N–H and O–H groups in total. The molecule has 0 spiro atoms. The number of amides is 1. The minimum absolute atomic E-state index is 0. The minimum atomic E-state index is -0.0248. The molecule has 9 heteroatoms. The summed E-state index contributed by atoms with van der Waals surface area (Å²) >= 11 is 1.64. The third kappa shape index (κ3) is 4.47. The lowest BCUT2D eigenvalue weighted by Crippen LogP contribution is -2.35. The minimum Gasteiger partial charge on any atom is -0.340 e. The first kappa shape index (κ1) is 20.9. The molecule has 0 aliphatic carbocycles. The average molecular weight is 392 g/mol. The predicted octanol–water partition coefficient (Wildman–Crippen LogP) is 1.99. The molecule has 1 aliphatic rings. The SMILES string of the molecule is Cc1ncc(CN(C)C(=O)[C@H]2CNC[C@@H]2c2cnn(C)c2)s1.Cl.Cl. The molecule has 0 radical (unpaired) electrons. The van der Waals surface area contributed by atoms with Gasteiger partial charge < -0.3 is 10.2 Å². The van der Waals surface area contributed by atoms with Crippen molar-refractivity contribution in [1.29, 1.82) is 0 Å². The molecule has 1 saturated heterocycles. The van der Waals surface area contributed by atoms with Gasteiger partial charge >= 0.3 is 0 Å². The molecule has 1 amide bonds. The molecule has 0 aromatic carbocycles. The molecule has 6 nitrogen and oxygen atoms in total. The quantitative estimate of drug-likeness (QED) is 0.865. The maximum atomic E-state index is 12.8. The van der Waals surface area contributed by atoms with E-state index >= 15 is 0 Å². The number of nitrogens with zero attached hydrogens (tertiary/aromatic N) is 4. The summed E-state index contributed by atoms with van der Waals surface area (Å²) in [6.45, 7) is 4.16. The van der Waals surface area contributed by atoms with Gasteiger partial charge in [0.1, 0.15) is 0 Å². The van der Waals surface area contributed by atoms with Gasteiger partial charge in [0.15, 0.2) is 0 Å². The van der Waals surface area contributed by atoms with E-state index in [1.165, 1.54) is 0 Å². The van der Waals surface area contributed by atoms with Crippen LogP contribution in [0.25, 0.3) is 0 Å². The molecule has 3 rings (SSSR count). The molecule has 134 valence electrons. The van der Waals surface area contributed by atoms with E-state index in [9.17, 15) is 4.79 Å². The van der Waals surface area contributed by atoms with Gasteiger partial charge in [0.05, 0.1) is 23.7 Å². The molecule has 1 fully saturated rings. The fourth-order valence-electron chi connectivity index (χ4n) is 2.99. The molecule has 2 atom stereocenters. The van der Waals surface area contributed by atoms with Gasteiger partial charge in [-0.3, -0.25) is 9.48 Å². The number of aryl methyl sites for hydroxylation is 2. The van der Waals surface area contributed by atoms with E-state index in [1.807, 2.05) is 44.5 Å². The van der Waals surface area contributed by atoms with E-state index in [0.29, 0.717) is 6.54 Å². The highest BCUT2D eigenvalue weighted by atomic mass is 35.5. The van der Waals surface area contributed by atoms with E-state index in [1.54, 1.807) is 16.0 Å². The summed E-state index contributed by atoms with van der Waals surface area (Å²) < 4.78 is 1.79. The van der Waals surface area contributed by atoms with Crippen molar-refractivity contribution in [1.82, 2.24) is 25.0 Å². The zero-order valence-electron chi connectivity index (χ0n) is 13.9.